The van der Waals surface area contributed by atoms with Crippen LogP contribution in [0.2, 0.25) is 10.0 Å². The first-order chi connectivity index (χ1) is 11.4. The quantitative estimate of drug-likeness (QED) is 0.655. The smallest absolute Gasteiger partial charge is 0.237 e. The van der Waals surface area contributed by atoms with E-state index in [1.807, 2.05) is 49.1 Å². The van der Waals surface area contributed by atoms with Gasteiger partial charge in [-0.25, -0.2) is 0 Å². The summed E-state index contributed by atoms with van der Waals surface area (Å²) in [6.07, 6.45) is 2.58. The lowest BCUT2D eigenvalue weighted by molar-refractivity contribution is -0.122. The standard InChI is InChI=1S/C20H19Cl2NO/c1-4-6-13-7-5-8-16-18(13)23(19(24)20(16,2)3)12-14-9-10-15(21)11-17(14)22/h4-5,7-11H,1,6,12H2,2-3H3. The van der Waals surface area contributed by atoms with Crippen LogP contribution >= 0.6 is 23.2 Å². The Morgan fingerprint density at radius 3 is 2.58 bits per heavy atom. The van der Waals surface area contributed by atoms with Gasteiger partial charge in [-0.15, -0.1) is 6.58 Å². The van der Waals surface area contributed by atoms with Crippen LogP contribution in [0, 0.1) is 0 Å². The Balaban J connectivity index is 2.09. The SMILES string of the molecule is C=CCc1cccc2c1N(Cc1ccc(Cl)cc1Cl)C(=O)C2(C)C. The summed E-state index contributed by atoms with van der Waals surface area (Å²) in [6.45, 7) is 8.20. The maximum Gasteiger partial charge on any atom is 0.237 e. The zero-order valence-corrected chi connectivity index (χ0v) is 15.3. The molecule has 1 amide bonds. The fourth-order valence-corrected chi connectivity index (χ4v) is 3.73. The number of hydrogen-bond donors (Lipinski definition) is 0. The van der Waals surface area contributed by atoms with Gasteiger partial charge in [0.15, 0.2) is 0 Å². The third kappa shape index (κ3) is 2.74. The van der Waals surface area contributed by atoms with Gasteiger partial charge in [0.05, 0.1) is 17.6 Å². The van der Waals surface area contributed by atoms with E-state index in [9.17, 15) is 4.79 Å². The fourth-order valence-electron chi connectivity index (χ4n) is 3.26. The maximum absolute atomic E-state index is 13.1. The number of fused-ring (bicyclic) bond motifs is 1. The van der Waals surface area contributed by atoms with E-state index >= 15 is 0 Å². The van der Waals surface area contributed by atoms with Gasteiger partial charge in [-0.1, -0.05) is 53.5 Å². The number of anilines is 1. The molecular formula is C20H19Cl2NO. The van der Waals surface area contributed by atoms with Gasteiger partial charge < -0.3 is 4.90 Å². The van der Waals surface area contributed by atoms with E-state index in [1.165, 1.54) is 0 Å². The molecule has 24 heavy (non-hydrogen) atoms. The van der Waals surface area contributed by atoms with Crippen molar-refractivity contribution in [1.29, 1.82) is 0 Å². The summed E-state index contributed by atoms with van der Waals surface area (Å²) in [7, 11) is 0. The summed E-state index contributed by atoms with van der Waals surface area (Å²) in [6, 6.07) is 11.5. The molecule has 4 heteroatoms. The van der Waals surface area contributed by atoms with Crippen LogP contribution in [0.1, 0.15) is 30.5 Å². The molecule has 1 aliphatic heterocycles. The summed E-state index contributed by atoms with van der Waals surface area (Å²) >= 11 is 12.3. The van der Waals surface area contributed by atoms with E-state index in [4.69, 9.17) is 23.2 Å². The predicted molar refractivity (Wildman–Crippen MR) is 101 cm³/mol. The number of rotatable bonds is 4. The molecular weight excluding hydrogens is 341 g/mol. The van der Waals surface area contributed by atoms with Crippen molar-refractivity contribution in [3.63, 3.8) is 0 Å². The highest BCUT2D eigenvalue weighted by Gasteiger charge is 2.44. The van der Waals surface area contributed by atoms with Crippen LogP contribution in [0.15, 0.2) is 49.1 Å². The number of para-hydroxylation sites is 1. The molecule has 1 heterocycles. The molecule has 0 aromatic heterocycles. The minimum absolute atomic E-state index is 0.0834. The van der Waals surface area contributed by atoms with Gasteiger partial charge in [-0.2, -0.15) is 0 Å². The Hall–Kier alpha value is -1.77. The Bertz CT molecular complexity index is 826. The Kier molecular flexibility index (Phi) is 4.46. The number of carbonyl (C=O) groups excluding carboxylic acids is 1. The van der Waals surface area contributed by atoms with Crippen molar-refractivity contribution in [2.75, 3.05) is 4.90 Å². The van der Waals surface area contributed by atoms with E-state index in [1.54, 1.807) is 12.1 Å². The van der Waals surface area contributed by atoms with Crippen molar-refractivity contribution in [2.24, 2.45) is 0 Å². The van der Waals surface area contributed by atoms with Gasteiger partial charge in [0.1, 0.15) is 0 Å². The summed E-state index contributed by atoms with van der Waals surface area (Å²) < 4.78 is 0. The Labute approximate surface area is 152 Å². The Morgan fingerprint density at radius 1 is 1.17 bits per heavy atom. The van der Waals surface area contributed by atoms with Gasteiger partial charge in [-0.05, 0) is 49.1 Å². The number of hydrogen-bond acceptors (Lipinski definition) is 1. The fraction of sp³-hybridized carbons (Fsp3) is 0.250. The monoisotopic (exact) mass is 359 g/mol. The van der Waals surface area contributed by atoms with Crippen LogP contribution in [0.3, 0.4) is 0 Å². The van der Waals surface area contributed by atoms with Crippen molar-refractivity contribution in [3.8, 4) is 0 Å². The Morgan fingerprint density at radius 2 is 1.92 bits per heavy atom. The summed E-state index contributed by atoms with van der Waals surface area (Å²) in [5, 5.41) is 1.16. The molecule has 1 aliphatic rings. The van der Waals surface area contributed by atoms with Crippen molar-refractivity contribution in [3.05, 3.63) is 75.8 Å². The molecule has 3 rings (SSSR count). The molecule has 0 bridgehead atoms. The minimum atomic E-state index is -0.550. The van der Waals surface area contributed by atoms with Gasteiger partial charge in [0.2, 0.25) is 5.91 Å². The van der Waals surface area contributed by atoms with Gasteiger partial charge in [-0.3, -0.25) is 4.79 Å². The van der Waals surface area contributed by atoms with Crippen LogP contribution in [-0.4, -0.2) is 5.91 Å². The van der Waals surface area contributed by atoms with E-state index in [0.717, 1.165) is 28.8 Å². The highest BCUT2D eigenvalue weighted by atomic mass is 35.5. The zero-order chi connectivity index (χ0) is 17.5. The number of benzene rings is 2. The molecule has 0 unspecified atom stereocenters. The van der Waals surface area contributed by atoms with Crippen molar-refractivity contribution >= 4 is 34.8 Å². The molecule has 0 N–H and O–H groups in total. The zero-order valence-electron chi connectivity index (χ0n) is 13.8. The molecule has 124 valence electrons. The van der Waals surface area contributed by atoms with Crippen LogP contribution < -0.4 is 4.90 Å². The number of amides is 1. The lowest BCUT2D eigenvalue weighted by Crippen LogP contribution is -2.36. The molecule has 0 spiro atoms. The molecule has 0 saturated carbocycles. The van der Waals surface area contributed by atoms with Gasteiger partial charge in [0.25, 0.3) is 0 Å². The van der Waals surface area contributed by atoms with Gasteiger partial charge in [0, 0.05) is 10.0 Å². The number of carbonyl (C=O) groups is 1. The van der Waals surface area contributed by atoms with E-state index in [0.29, 0.717) is 16.6 Å². The normalized spacial score (nSPS) is 15.5. The third-order valence-corrected chi connectivity index (χ3v) is 5.14. The molecule has 0 saturated heterocycles. The number of halogens is 2. The second-order valence-corrected chi connectivity index (χ2v) is 7.40. The van der Waals surface area contributed by atoms with Crippen molar-refractivity contribution < 1.29 is 4.79 Å². The lowest BCUT2D eigenvalue weighted by Gasteiger charge is -2.22. The summed E-state index contributed by atoms with van der Waals surface area (Å²) in [5.74, 6) is 0.0834. The molecule has 0 radical (unpaired) electrons. The molecule has 2 aromatic carbocycles. The number of nitrogens with zero attached hydrogens (tertiary/aromatic N) is 1. The van der Waals surface area contributed by atoms with Gasteiger partial charge >= 0.3 is 0 Å². The highest BCUT2D eigenvalue weighted by Crippen LogP contribution is 2.44. The lowest BCUT2D eigenvalue weighted by atomic mass is 9.85. The van der Waals surface area contributed by atoms with Crippen molar-refractivity contribution in [1.82, 2.24) is 0 Å². The van der Waals surface area contributed by atoms with Crippen LogP contribution in [-0.2, 0) is 23.2 Å². The van der Waals surface area contributed by atoms with E-state index < -0.39 is 5.41 Å². The molecule has 2 nitrogen and oxygen atoms in total. The second-order valence-electron chi connectivity index (χ2n) is 6.56. The van der Waals surface area contributed by atoms with Crippen LogP contribution in [0.25, 0.3) is 0 Å². The second kappa shape index (κ2) is 6.27. The highest BCUT2D eigenvalue weighted by molar-refractivity contribution is 6.35. The van der Waals surface area contributed by atoms with E-state index in [-0.39, 0.29) is 5.91 Å². The molecule has 0 fully saturated rings. The first-order valence-electron chi connectivity index (χ1n) is 7.85. The topological polar surface area (TPSA) is 20.3 Å². The largest absolute Gasteiger partial charge is 0.307 e. The molecule has 2 aromatic rings. The first-order valence-corrected chi connectivity index (χ1v) is 8.61. The maximum atomic E-state index is 13.1. The average Bonchev–Trinajstić information content (AvgIpc) is 2.72. The molecule has 0 aliphatic carbocycles. The van der Waals surface area contributed by atoms with Crippen molar-refractivity contribution in [2.45, 2.75) is 32.2 Å². The van der Waals surface area contributed by atoms with Crippen LogP contribution in [0.4, 0.5) is 5.69 Å². The summed E-state index contributed by atoms with van der Waals surface area (Å²) in [4.78, 5) is 14.9. The summed E-state index contributed by atoms with van der Waals surface area (Å²) in [5.41, 5.74) is 3.47. The predicted octanol–water partition coefficient (Wildman–Crippen LogP) is 5.55. The minimum Gasteiger partial charge on any atom is -0.307 e. The van der Waals surface area contributed by atoms with Crippen LogP contribution in [0.5, 0.6) is 0 Å². The third-order valence-electron chi connectivity index (χ3n) is 4.55. The molecule has 0 atom stereocenters. The first kappa shape index (κ1) is 17.1. The number of allylic oxidation sites excluding steroid dienone is 1. The van der Waals surface area contributed by atoms with E-state index in [2.05, 4.69) is 6.58 Å². The average molecular weight is 360 g/mol.